The Hall–Kier alpha value is -3.01. The largest absolute Gasteiger partial charge is 0.493 e. The molecule has 3 aromatic rings. The molecule has 28 heavy (non-hydrogen) atoms. The fourth-order valence-corrected chi connectivity index (χ4v) is 4.41. The quantitative estimate of drug-likeness (QED) is 0.737. The number of carbonyl (C=O) groups excluding carboxylic acids is 1. The number of amides is 2. The number of rotatable bonds is 3. The summed E-state index contributed by atoms with van der Waals surface area (Å²) in [5.41, 5.74) is 3.78. The molecule has 0 aromatic heterocycles. The van der Waals surface area contributed by atoms with Crippen molar-refractivity contribution in [3.63, 3.8) is 0 Å². The first-order chi connectivity index (χ1) is 13.8. The molecule has 142 valence electrons. The molecule has 0 saturated carbocycles. The first-order valence-corrected chi connectivity index (χ1v) is 10.0. The minimum absolute atomic E-state index is 0.0277. The van der Waals surface area contributed by atoms with E-state index in [2.05, 4.69) is 47.8 Å². The molecular formula is C24H24N2O2. The number of carbonyl (C=O) groups is 1. The van der Waals surface area contributed by atoms with E-state index >= 15 is 0 Å². The lowest BCUT2D eigenvalue weighted by Crippen LogP contribution is -2.38. The van der Waals surface area contributed by atoms with Gasteiger partial charge < -0.3 is 15.0 Å². The maximum absolute atomic E-state index is 12.7. The predicted octanol–water partition coefficient (Wildman–Crippen LogP) is 4.47. The zero-order valence-electron chi connectivity index (χ0n) is 15.9. The summed E-state index contributed by atoms with van der Waals surface area (Å²) in [5.74, 6) is 1.43. The lowest BCUT2D eigenvalue weighted by Gasteiger charge is -2.18. The van der Waals surface area contributed by atoms with Crippen LogP contribution in [0.1, 0.15) is 29.0 Å². The van der Waals surface area contributed by atoms with E-state index < -0.39 is 0 Å². The van der Waals surface area contributed by atoms with Gasteiger partial charge in [0.1, 0.15) is 5.75 Å². The van der Waals surface area contributed by atoms with Gasteiger partial charge in [-0.3, -0.25) is 0 Å². The third-order valence-corrected chi connectivity index (χ3v) is 5.97. The molecule has 5 rings (SSSR count). The van der Waals surface area contributed by atoms with Crippen molar-refractivity contribution in [1.29, 1.82) is 0 Å². The molecule has 1 fully saturated rings. The molecule has 2 aliphatic rings. The van der Waals surface area contributed by atoms with Gasteiger partial charge in [0.2, 0.25) is 0 Å². The number of likely N-dealkylation sites (tertiary alicyclic amines) is 1. The minimum Gasteiger partial charge on any atom is -0.493 e. The van der Waals surface area contributed by atoms with Crippen LogP contribution >= 0.6 is 0 Å². The molecule has 0 aliphatic carbocycles. The summed E-state index contributed by atoms with van der Waals surface area (Å²) in [6, 6.07) is 21.1. The van der Waals surface area contributed by atoms with Crippen molar-refractivity contribution in [2.45, 2.75) is 25.3 Å². The average molecular weight is 372 g/mol. The Labute approximate surface area is 165 Å². The summed E-state index contributed by atoms with van der Waals surface area (Å²) in [4.78, 5) is 14.7. The molecule has 0 spiro atoms. The molecule has 2 heterocycles. The maximum atomic E-state index is 12.7. The van der Waals surface area contributed by atoms with E-state index in [0.717, 1.165) is 43.9 Å². The zero-order valence-corrected chi connectivity index (χ0v) is 15.9. The van der Waals surface area contributed by atoms with E-state index in [0.29, 0.717) is 12.5 Å². The van der Waals surface area contributed by atoms with Gasteiger partial charge in [0.25, 0.3) is 0 Å². The molecule has 1 saturated heterocycles. The normalized spacial score (nSPS) is 18.1. The van der Waals surface area contributed by atoms with Crippen molar-refractivity contribution in [1.82, 2.24) is 10.2 Å². The zero-order chi connectivity index (χ0) is 18.9. The van der Waals surface area contributed by atoms with Crippen molar-refractivity contribution in [2.75, 3.05) is 19.7 Å². The third kappa shape index (κ3) is 3.19. The predicted molar refractivity (Wildman–Crippen MR) is 111 cm³/mol. The fraction of sp³-hybridized carbons (Fsp3) is 0.292. The summed E-state index contributed by atoms with van der Waals surface area (Å²) >= 11 is 0. The van der Waals surface area contributed by atoms with Crippen LogP contribution in [-0.2, 0) is 13.0 Å². The van der Waals surface area contributed by atoms with E-state index in [-0.39, 0.29) is 6.03 Å². The SMILES string of the molecule is O=C(NCc1cccc2ccccc12)N1CCC(c2ccc3c(c2)CCO3)C1. The molecule has 2 amide bonds. The standard InChI is InChI=1S/C24H24N2O2/c27-24(25-15-20-6-3-5-17-4-1-2-7-22(17)20)26-12-10-21(16-26)18-8-9-23-19(14-18)11-13-28-23/h1-9,14,21H,10-13,15-16H2,(H,25,27). The molecule has 0 bridgehead atoms. The number of nitrogens with one attached hydrogen (secondary N) is 1. The molecule has 4 heteroatoms. The van der Waals surface area contributed by atoms with Crippen molar-refractivity contribution in [3.05, 3.63) is 77.4 Å². The van der Waals surface area contributed by atoms with E-state index in [9.17, 15) is 4.79 Å². The van der Waals surface area contributed by atoms with Crippen molar-refractivity contribution in [3.8, 4) is 5.75 Å². The highest BCUT2D eigenvalue weighted by atomic mass is 16.5. The first-order valence-electron chi connectivity index (χ1n) is 10.0. The van der Waals surface area contributed by atoms with Crippen molar-refractivity contribution < 1.29 is 9.53 Å². The minimum atomic E-state index is 0.0277. The lowest BCUT2D eigenvalue weighted by molar-refractivity contribution is 0.208. The van der Waals surface area contributed by atoms with Gasteiger partial charge in [0, 0.05) is 32.0 Å². The number of urea groups is 1. The van der Waals surface area contributed by atoms with Crippen molar-refractivity contribution in [2.24, 2.45) is 0 Å². The Balaban J connectivity index is 1.23. The van der Waals surface area contributed by atoms with Gasteiger partial charge >= 0.3 is 6.03 Å². The number of benzene rings is 3. The first kappa shape index (κ1) is 17.1. The fourth-order valence-electron chi connectivity index (χ4n) is 4.41. The Morgan fingerprint density at radius 1 is 1.11 bits per heavy atom. The van der Waals surface area contributed by atoms with Gasteiger partial charge in [-0.25, -0.2) is 4.79 Å². The molecule has 2 aliphatic heterocycles. The average Bonchev–Trinajstić information content (AvgIpc) is 3.41. The molecule has 1 N–H and O–H groups in total. The number of fused-ring (bicyclic) bond motifs is 2. The second-order valence-electron chi connectivity index (χ2n) is 7.69. The van der Waals surface area contributed by atoms with E-state index in [1.807, 2.05) is 23.1 Å². The smallest absolute Gasteiger partial charge is 0.317 e. The summed E-state index contributed by atoms with van der Waals surface area (Å²) in [7, 11) is 0. The van der Waals surface area contributed by atoms with E-state index in [1.165, 1.54) is 21.9 Å². The number of hydrogen-bond acceptors (Lipinski definition) is 2. The number of ether oxygens (including phenoxy) is 1. The van der Waals surface area contributed by atoms with Crippen LogP contribution in [0.5, 0.6) is 5.75 Å². The van der Waals surface area contributed by atoms with Gasteiger partial charge in [0.05, 0.1) is 6.61 Å². The third-order valence-electron chi connectivity index (χ3n) is 5.97. The number of hydrogen-bond donors (Lipinski definition) is 1. The monoisotopic (exact) mass is 372 g/mol. The van der Waals surface area contributed by atoms with Gasteiger partial charge in [-0.05, 0) is 39.9 Å². The maximum Gasteiger partial charge on any atom is 0.317 e. The second kappa shape index (κ2) is 7.19. The van der Waals surface area contributed by atoms with Gasteiger partial charge in [-0.1, -0.05) is 54.6 Å². The Morgan fingerprint density at radius 2 is 2.00 bits per heavy atom. The van der Waals surface area contributed by atoms with Crippen LogP contribution in [0.2, 0.25) is 0 Å². The molecule has 1 atom stereocenters. The summed E-state index contributed by atoms with van der Waals surface area (Å²) in [6.45, 7) is 2.92. The van der Waals surface area contributed by atoms with Crippen LogP contribution in [0, 0.1) is 0 Å². The molecule has 1 unspecified atom stereocenters. The van der Waals surface area contributed by atoms with E-state index in [1.54, 1.807) is 0 Å². The number of nitrogens with zero attached hydrogens (tertiary/aromatic N) is 1. The van der Waals surface area contributed by atoms with Crippen LogP contribution in [0.25, 0.3) is 10.8 Å². The molecule has 4 nitrogen and oxygen atoms in total. The summed E-state index contributed by atoms with van der Waals surface area (Å²) in [5, 5.41) is 5.52. The Kier molecular flexibility index (Phi) is 4.40. The van der Waals surface area contributed by atoms with Crippen molar-refractivity contribution >= 4 is 16.8 Å². The summed E-state index contributed by atoms with van der Waals surface area (Å²) < 4.78 is 5.61. The highest BCUT2D eigenvalue weighted by molar-refractivity contribution is 5.86. The van der Waals surface area contributed by atoms with E-state index in [4.69, 9.17) is 4.74 Å². The topological polar surface area (TPSA) is 41.6 Å². The molecule has 0 radical (unpaired) electrons. The highest BCUT2D eigenvalue weighted by Gasteiger charge is 2.28. The van der Waals surface area contributed by atoms with Crippen LogP contribution in [0.15, 0.2) is 60.7 Å². The second-order valence-corrected chi connectivity index (χ2v) is 7.69. The van der Waals surface area contributed by atoms with Gasteiger partial charge in [-0.2, -0.15) is 0 Å². The molecule has 3 aromatic carbocycles. The Morgan fingerprint density at radius 3 is 2.96 bits per heavy atom. The van der Waals surface area contributed by atoms with Crippen LogP contribution < -0.4 is 10.1 Å². The van der Waals surface area contributed by atoms with Crippen LogP contribution in [0.4, 0.5) is 4.79 Å². The summed E-state index contributed by atoms with van der Waals surface area (Å²) in [6.07, 6.45) is 2.01. The molecular weight excluding hydrogens is 348 g/mol. The Bertz CT molecular complexity index is 1020. The van der Waals surface area contributed by atoms with Crippen LogP contribution in [-0.4, -0.2) is 30.6 Å². The lowest BCUT2D eigenvalue weighted by atomic mass is 9.96. The highest BCUT2D eigenvalue weighted by Crippen LogP contribution is 2.33. The van der Waals surface area contributed by atoms with Gasteiger partial charge in [0.15, 0.2) is 0 Å². The van der Waals surface area contributed by atoms with Gasteiger partial charge in [-0.15, -0.1) is 0 Å². The van der Waals surface area contributed by atoms with Crippen LogP contribution in [0.3, 0.4) is 0 Å².